The van der Waals surface area contributed by atoms with E-state index in [1.807, 2.05) is 42.5 Å². The molecule has 5 rings (SSSR count). The number of carbonyl (C=O) groups excluding carboxylic acids is 1. The zero-order chi connectivity index (χ0) is 21.8. The Morgan fingerprint density at radius 2 is 1.91 bits per heavy atom. The third kappa shape index (κ3) is 4.46. The van der Waals surface area contributed by atoms with Gasteiger partial charge in [-0.3, -0.25) is 9.67 Å². The zero-order valence-corrected chi connectivity index (χ0v) is 17.4. The van der Waals surface area contributed by atoms with E-state index in [0.717, 1.165) is 24.3 Å². The minimum Gasteiger partial charge on any atom is -0.486 e. The summed E-state index contributed by atoms with van der Waals surface area (Å²) in [5, 5.41) is 9.54. The van der Waals surface area contributed by atoms with Crippen LogP contribution < -0.4 is 15.0 Å². The normalized spacial score (nSPS) is 13.6. The summed E-state index contributed by atoms with van der Waals surface area (Å²) in [4.78, 5) is 23.2. The molecule has 0 aliphatic carbocycles. The fourth-order valence-electron chi connectivity index (χ4n) is 3.63. The van der Waals surface area contributed by atoms with Crippen molar-refractivity contribution in [1.29, 1.82) is 0 Å². The number of carbonyl (C=O) groups is 1. The Hall–Kier alpha value is -4.14. The first-order valence-electron chi connectivity index (χ1n) is 10.4. The van der Waals surface area contributed by atoms with Gasteiger partial charge in [0.2, 0.25) is 0 Å². The fraction of sp³-hybridized carbons (Fsp3) is 0.217. The van der Waals surface area contributed by atoms with Gasteiger partial charge in [0.1, 0.15) is 25.0 Å². The number of amides is 1. The molecule has 4 aromatic rings. The van der Waals surface area contributed by atoms with Gasteiger partial charge in [-0.2, -0.15) is 5.10 Å². The van der Waals surface area contributed by atoms with E-state index in [9.17, 15) is 4.79 Å². The Balaban J connectivity index is 1.11. The maximum absolute atomic E-state index is 12.5. The first-order chi connectivity index (χ1) is 15.7. The van der Waals surface area contributed by atoms with Crippen molar-refractivity contribution in [3.63, 3.8) is 0 Å². The molecule has 32 heavy (non-hydrogen) atoms. The van der Waals surface area contributed by atoms with Crippen LogP contribution >= 0.6 is 0 Å². The summed E-state index contributed by atoms with van der Waals surface area (Å²) in [6.07, 6.45) is 4.71. The predicted molar refractivity (Wildman–Crippen MR) is 119 cm³/mol. The topological polar surface area (TPSA) is 101 Å². The van der Waals surface area contributed by atoms with Gasteiger partial charge in [0.15, 0.2) is 5.82 Å². The molecule has 2 N–H and O–H groups in total. The lowest BCUT2D eigenvalue weighted by atomic mass is 9.99. The van der Waals surface area contributed by atoms with Crippen molar-refractivity contribution in [2.45, 2.75) is 6.61 Å². The van der Waals surface area contributed by atoms with Gasteiger partial charge in [-0.25, -0.2) is 14.8 Å². The lowest BCUT2D eigenvalue weighted by Gasteiger charge is -2.41. The second-order valence-corrected chi connectivity index (χ2v) is 7.70. The highest BCUT2D eigenvalue weighted by molar-refractivity contribution is 5.78. The average molecular weight is 429 g/mol. The summed E-state index contributed by atoms with van der Waals surface area (Å²) in [5.74, 6) is 1.83. The Morgan fingerprint density at radius 3 is 2.66 bits per heavy atom. The number of H-pyrrole nitrogens is 1. The number of aromatic amines is 1. The lowest BCUT2D eigenvalue weighted by molar-refractivity contribution is 0.238. The molecule has 0 spiro atoms. The van der Waals surface area contributed by atoms with Gasteiger partial charge in [0, 0.05) is 43.0 Å². The molecule has 2 aromatic heterocycles. The fourth-order valence-corrected chi connectivity index (χ4v) is 3.63. The molecule has 3 heterocycles. The molecule has 9 nitrogen and oxygen atoms in total. The summed E-state index contributed by atoms with van der Waals surface area (Å²) in [6, 6.07) is 17.7. The van der Waals surface area contributed by atoms with Crippen molar-refractivity contribution >= 4 is 11.7 Å². The van der Waals surface area contributed by atoms with Gasteiger partial charge < -0.3 is 15.0 Å². The third-order valence-corrected chi connectivity index (χ3v) is 5.43. The van der Waals surface area contributed by atoms with Crippen LogP contribution in [0.15, 0.2) is 73.4 Å². The lowest BCUT2D eigenvalue weighted by Crippen LogP contribution is -2.51. The van der Waals surface area contributed by atoms with Crippen LogP contribution in [0.5, 0.6) is 5.75 Å². The highest BCUT2D eigenvalue weighted by atomic mass is 16.5. The molecule has 1 aliphatic rings. The smallest absolute Gasteiger partial charge is 0.326 e. The zero-order valence-electron chi connectivity index (χ0n) is 17.4. The summed E-state index contributed by atoms with van der Waals surface area (Å²) < 4.78 is 7.15. The third-order valence-electron chi connectivity index (χ3n) is 5.43. The average Bonchev–Trinajstić information content (AvgIpc) is 3.50. The minimum atomic E-state index is -0.172. The van der Waals surface area contributed by atoms with Gasteiger partial charge in [-0.1, -0.05) is 18.2 Å². The maximum Gasteiger partial charge on any atom is 0.326 e. The largest absolute Gasteiger partial charge is 0.486 e. The number of anilines is 1. The molecule has 0 bridgehead atoms. The molecule has 1 fully saturated rings. The van der Waals surface area contributed by atoms with Gasteiger partial charge >= 0.3 is 6.03 Å². The minimum absolute atomic E-state index is 0.172. The van der Waals surface area contributed by atoms with Gasteiger partial charge in [0.05, 0.1) is 5.69 Å². The van der Waals surface area contributed by atoms with Crippen LogP contribution in [0.4, 0.5) is 10.5 Å². The number of benzene rings is 2. The molecular weight excluding hydrogens is 406 g/mol. The highest BCUT2D eigenvalue weighted by Gasteiger charge is 2.27. The highest BCUT2D eigenvalue weighted by Crippen LogP contribution is 2.24. The van der Waals surface area contributed by atoms with Crippen LogP contribution in [-0.2, 0) is 6.61 Å². The van der Waals surface area contributed by atoms with Crippen molar-refractivity contribution in [1.82, 2.24) is 30.0 Å². The van der Waals surface area contributed by atoms with Crippen LogP contribution in [0.3, 0.4) is 0 Å². The first kappa shape index (κ1) is 19.8. The Bertz CT molecular complexity index is 1150. The van der Waals surface area contributed by atoms with Crippen molar-refractivity contribution in [3.8, 4) is 17.0 Å². The number of rotatable bonds is 7. The maximum atomic E-state index is 12.5. The SMILES string of the molecule is O=C(NCC1CN(c2ccccc2)C1)n1cnc(-c2ccc(OCc3ncn[nH]3)cc2)c1. The van der Waals surface area contributed by atoms with Gasteiger partial charge in [-0.15, -0.1) is 0 Å². The second-order valence-electron chi connectivity index (χ2n) is 7.70. The van der Waals surface area contributed by atoms with Crippen LogP contribution in [0.1, 0.15) is 5.82 Å². The van der Waals surface area contributed by atoms with Gasteiger partial charge in [0.25, 0.3) is 0 Å². The molecule has 1 amide bonds. The van der Waals surface area contributed by atoms with E-state index in [4.69, 9.17) is 4.74 Å². The van der Waals surface area contributed by atoms with E-state index < -0.39 is 0 Å². The molecule has 2 aromatic carbocycles. The number of nitrogens with one attached hydrogen (secondary N) is 2. The Kier molecular flexibility index (Phi) is 5.52. The summed E-state index contributed by atoms with van der Waals surface area (Å²) >= 11 is 0. The van der Waals surface area contributed by atoms with Crippen molar-refractivity contribution in [3.05, 3.63) is 79.3 Å². The molecular formula is C23H23N7O2. The van der Waals surface area contributed by atoms with Crippen LogP contribution in [-0.4, -0.2) is 50.4 Å². The van der Waals surface area contributed by atoms with Crippen LogP contribution in [0, 0.1) is 5.92 Å². The molecule has 0 saturated carbocycles. The standard InChI is InChI=1S/C23H23N7O2/c31-23(24-10-17-11-29(12-17)19-4-2-1-3-5-19)30-13-21(26-16-30)18-6-8-20(9-7-18)32-14-22-25-15-27-28-22/h1-9,13,15-17H,10-12,14H2,(H,24,31)(H,25,27,28). The van der Waals surface area contributed by atoms with E-state index >= 15 is 0 Å². The number of hydrogen-bond acceptors (Lipinski definition) is 6. The molecule has 0 unspecified atom stereocenters. The molecule has 0 radical (unpaired) electrons. The summed E-state index contributed by atoms with van der Waals surface area (Å²) in [6.45, 7) is 2.86. The van der Waals surface area contributed by atoms with Gasteiger partial charge in [-0.05, 0) is 36.4 Å². The van der Waals surface area contributed by atoms with E-state index in [2.05, 4.69) is 42.5 Å². The number of aromatic nitrogens is 5. The van der Waals surface area contributed by atoms with Crippen LogP contribution in [0.2, 0.25) is 0 Å². The second kappa shape index (κ2) is 8.93. The number of nitrogens with zero attached hydrogens (tertiary/aromatic N) is 5. The van der Waals surface area contributed by atoms with Crippen LogP contribution in [0.25, 0.3) is 11.3 Å². The molecule has 162 valence electrons. The number of ether oxygens (including phenoxy) is 1. The van der Waals surface area contributed by atoms with Crippen molar-refractivity contribution < 1.29 is 9.53 Å². The summed E-state index contributed by atoms with van der Waals surface area (Å²) in [5.41, 5.74) is 2.85. The number of hydrogen-bond donors (Lipinski definition) is 2. The van der Waals surface area contributed by atoms with E-state index in [0.29, 0.717) is 30.6 Å². The first-order valence-corrected chi connectivity index (χ1v) is 10.4. The molecule has 9 heteroatoms. The molecule has 1 aliphatic heterocycles. The quantitative estimate of drug-likeness (QED) is 0.468. The van der Waals surface area contributed by atoms with Crippen molar-refractivity contribution in [2.24, 2.45) is 5.92 Å². The Labute approximate surface area is 185 Å². The Morgan fingerprint density at radius 1 is 1.09 bits per heavy atom. The van der Waals surface area contributed by atoms with Crippen molar-refractivity contribution in [2.75, 3.05) is 24.5 Å². The molecule has 1 saturated heterocycles. The monoisotopic (exact) mass is 429 g/mol. The van der Waals surface area contributed by atoms with E-state index in [1.54, 1.807) is 6.20 Å². The van der Waals surface area contributed by atoms with E-state index in [-0.39, 0.29) is 6.03 Å². The number of para-hydroxylation sites is 1. The van der Waals surface area contributed by atoms with E-state index in [1.165, 1.54) is 22.9 Å². The summed E-state index contributed by atoms with van der Waals surface area (Å²) in [7, 11) is 0. The molecule has 0 atom stereocenters. The predicted octanol–water partition coefficient (Wildman–Crippen LogP) is 2.94. The number of imidazole rings is 1.